The van der Waals surface area contributed by atoms with E-state index >= 15 is 0 Å². The molecule has 0 heterocycles. The summed E-state index contributed by atoms with van der Waals surface area (Å²) in [7, 11) is -2.29. The maximum Gasteiger partial charge on any atom is 0.242 e. The maximum absolute atomic E-state index is 13.1. The number of likely N-dealkylation sites (N-methyl/N-ethyl adjacent to an activating group) is 1. The average molecular weight is 403 g/mol. The first-order valence-corrected chi connectivity index (χ1v) is 10.2. The van der Waals surface area contributed by atoms with Crippen molar-refractivity contribution < 1.29 is 27.5 Å². The van der Waals surface area contributed by atoms with Crippen LogP contribution in [0, 0.1) is 5.82 Å². The third-order valence-corrected chi connectivity index (χ3v) is 5.25. The highest BCUT2D eigenvalue weighted by Gasteiger charge is 2.28. The van der Waals surface area contributed by atoms with Crippen LogP contribution in [-0.4, -0.2) is 73.6 Å². The van der Waals surface area contributed by atoms with Crippen LogP contribution in [0.15, 0.2) is 24.3 Å². The van der Waals surface area contributed by atoms with Crippen LogP contribution < -0.4 is 5.32 Å². The zero-order valence-corrected chi connectivity index (χ0v) is 16.5. The number of carbonyl (C=O) groups is 2. The molecule has 0 saturated carbocycles. The number of aliphatic hydroxyl groups excluding tert-OH is 1. The molecular weight excluding hydrogens is 377 g/mol. The van der Waals surface area contributed by atoms with E-state index in [4.69, 9.17) is 5.11 Å². The zero-order valence-electron chi connectivity index (χ0n) is 15.7. The van der Waals surface area contributed by atoms with Gasteiger partial charge in [-0.3, -0.25) is 9.59 Å². The fraction of sp³-hybridized carbons (Fsp3) is 0.529. The van der Waals surface area contributed by atoms with Crippen molar-refractivity contribution in [1.29, 1.82) is 0 Å². The van der Waals surface area contributed by atoms with E-state index in [0.29, 0.717) is 12.0 Å². The number of nitrogens with one attached hydrogen (secondary N) is 1. The summed E-state index contributed by atoms with van der Waals surface area (Å²) in [5.74, 6) is -1.42. The lowest BCUT2D eigenvalue weighted by Gasteiger charge is -2.30. The molecule has 1 aromatic rings. The molecule has 0 aromatic heterocycles. The largest absolute Gasteiger partial charge is 0.396 e. The van der Waals surface area contributed by atoms with E-state index in [2.05, 4.69) is 5.32 Å². The summed E-state index contributed by atoms with van der Waals surface area (Å²) in [5, 5.41) is 11.4. The molecule has 0 saturated heterocycles. The molecule has 10 heteroatoms. The summed E-state index contributed by atoms with van der Waals surface area (Å²) in [4.78, 5) is 26.2. The van der Waals surface area contributed by atoms with Gasteiger partial charge < -0.3 is 15.3 Å². The first-order chi connectivity index (χ1) is 12.6. The Morgan fingerprint density at radius 3 is 2.37 bits per heavy atom. The monoisotopic (exact) mass is 403 g/mol. The second-order valence-corrected chi connectivity index (χ2v) is 8.30. The normalized spacial score (nSPS) is 12.7. The van der Waals surface area contributed by atoms with Gasteiger partial charge in [0.25, 0.3) is 0 Å². The van der Waals surface area contributed by atoms with Crippen molar-refractivity contribution in [1.82, 2.24) is 14.5 Å². The van der Waals surface area contributed by atoms with Gasteiger partial charge >= 0.3 is 0 Å². The van der Waals surface area contributed by atoms with Crippen molar-refractivity contribution in [2.45, 2.75) is 25.9 Å². The number of benzene rings is 1. The number of sulfonamides is 1. The van der Waals surface area contributed by atoms with Crippen molar-refractivity contribution >= 4 is 21.8 Å². The van der Waals surface area contributed by atoms with Crippen molar-refractivity contribution in [3.05, 3.63) is 35.6 Å². The van der Waals surface area contributed by atoms with Crippen molar-refractivity contribution in [3.8, 4) is 0 Å². The lowest BCUT2D eigenvalue weighted by atomic mass is 10.1. The Morgan fingerprint density at radius 2 is 1.85 bits per heavy atom. The highest BCUT2D eigenvalue weighted by atomic mass is 32.2. The SMILES string of the molecule is CC(C(=O)NCCCO)N(Cc1ccc(F)cc1)C(=O)CN(C)S(C)(=O)=O. The molecule has 1 rings (SSSR count). The van der Waals surface area contributed by atoms with Crippen LogP contribution in [0.2, 0.25) is 0 Å². The average Bonchev–Trinajstić information content (AvgIpc) is 2.59. The summed E-state index contributed by atoms with van der Waals surface area (Å²) in [6, 6.07) is 4.59. The third-order valence-electron chi connectivity index (χ3n) is 3.99. The number of hydrogen-bond acceptors (Lipinski definition) is 5. The van der Waals surface area contributed by atoms with Crippen LogP contribution in [0.25, 0.3) is 0 Å². The predicted octanol–water partition coefficient (Wildman–Crippen LogP) is -0.0672. The van der Waals surface area contributed by atoms with Crippen molar-refractivity contribution in [2.24, 2.45) is 0 Å². The molecule has 2 N–H and O–H groups in total. The van der Waals surface area contributed by atoms with Gasteiger partial charge in [-0.2, -0.15) is 4.31 Å². The minimum atomic E-state index is -3.57. The van der Waals surface area contributed by atoms with E-state index < -0.39 is 40.2 Å². The standard InChI is InChI=1S/C17H26FN3O5S/c1-13(17(24)19-9-4-10-22)21(11-14-5-7-15(18)8-6-14)16(23)12-20(2)27(3,25)26/h5-8,13,22H,4,9-12H2,1-3H3,(H,19,24). The zero-order chi connectivity index (χ0) is 20.6. The molecule has 0 aliphatic heterocycles. The first kappa shape index (κ1) is 23.0. The summed E-state index contributed by atoms with van der Waals surface area (Å²) in [6.07, 6.45) is 1.36. The summed E-state index contributed by atoms with van der Waals surface area (Å²) in [5.41, 5.74) is 0.599. The summed E-state index contributed by atoms with van der Waals surface area (Å²) in [6.45, 7) is 1.29. The van der Waals surface area contributed by atoms with Crippen LogP contribution in [-0.2, 0) is 26.2 Å². The molecule has 0 radical (unpaired) electrons. The molecule has 2 amide bonds. The Morgan fingerprint density at radius 1 is 1.26 bits per heavy atom. The fourth-order valence-corrected chi connectivity index (χ4v) is 2.55. The Bertz CT molecular complexity index is 739. The van der Waals surface area contributed by atoms with Gasteiger partial charge in [-0.1, -0.05) is 12.1 Å². The Balaban J connectivity index is 2.98. The lowest BCUT2D eigenvalue weighted by molar-refractivity contribution is -0.140. The second kappa shape index (κ2) is 10.3. The van der Waals surface area contributed by atoms with Gasteiger partial charge in [0, 0.05) is 26.7 Å². The first-order valence-electron chi connectivity index (χ1n) is 8.40. The minimum Gasteiger partial charge on any atom is -0.396 e. The quantitative estimate of drug-likeness (QED) is 0.532. The second-order valence-electron chi connectivity index (χ2n) is 6.21. The Labute approximate surface area is 159 Å². The molecule has 0 spiro atoms. The number of nitrogens with zero attached hydrogens (tertiary/aromatic N) is 2. The molecule has 0 aliphatic rings. The number of carbonyl (C=O) groups excluding carboxylic acids is 2. The van der Waals surface area contributed by atoms with E-state index in [0.717, 1.165) is 10.6 Å². The molecule has 0 fully saturated rings. The molecular formula is C17H26FN3O5S. The fourth-order valence-electron chi connectivity index (χ4n) is 2.21. The van der Waals surface area contributed by atoms with Gasteiger partial charge in [-0.25, -0.2) is 12.8 Å². The Kier molecular flexibility index (Phi) is 8.80. The molecule has 1 aromatic carbocycles. The van der Waals surface area contributed by atoms with E-state index in [1.54, 1.807) is 0 Å². The van der Waals surface area contributed by atoms with E-state index in [1.165, 1.54) is 43.1 Å². The van der Waals surface area contributed by atoms with Gasteiger partial charge in [-0.15, -0.1) is 0 Å². The number of aliphatic hydroxyl groups is 1. The molecule has 1 atom stereocenters. The van der Waals surface area contributed by atoms with E-state index in [9.17, 15) is 22.4 Å². The molecule has 0 aliphatic carbocycles. The lowest BCUT2D eigenvalue weighted by Crippen LogP contribution is -2.50. The van der Waals surface area contributed by atoms with Gasteiger partial charge in [0.1, 0.15) is 11.9 Å². The smallest absolute Gasteiger partial charge is 0.242 e. The molecule has 8 nitrogen and oxygen atoms in total. The van der Waals surface area contributed by atoms with Crippen molar-refractivity contribution in [3.63, 3.8) is 0 Å². The van der Waals surface area contributed by atoms with Gasteiger partial charge in [0.2, 0.25) is 21.8 Å². The summed E-state index contributed by atoms with van der Waals surface area (Å²) < 4.78 is 37.1. The van der Waals surface area contributed by atoms with Crippen LogP contribution in [0.1, 0.15) is 18.9 Å². The van der Waals surface area contributed by atoms with Crippen molar-refractivity contribution in [2.75, 3.05) is 33.0 Å². The number of amides is 2. The Hall–Kier alpha value is -2.04. The molecule has 27 heavy (non-hydrogen) atoms. The third kappa shape index (κ3) is 7.61. The number of hydrogen-bond donors (Lipinski definition) is 2. The van der Waals surface area contributed by atoms with Crippen LogP contribution in [0.5, 0.6) is 0 Å². The van der Waals surface area contributed by atoms with Crippen LogP contribution >= 0.6 is 0 Å². The molecule has 152 valence electrons. The minimum absolute atomic E-state index is 0.0191. The molecule has 0 bridgehead atoms. The van der Waals surface area contributed by atoms with Gasteiger partial charge in [0.05, 0.1) is 12.8 Å². The van der Waals surface area contributed by atoms with Crippen LogP contribution in [0.3, 0.4) is 0 Å². The van der Waals surface area contributed by atoms with E-state index in [1.807, 2.05) is 0 Å². The topological polar surface area (TPSA) is 107 Å². The van der Waals surface area contributed by atoms with Gasteiger partial charge in [-0.05, 0) is 31.0 Å². The predicted molar refractivity (Wildman–Crippen MR) is 98.6 cm³/mol. The summed E-state index contributed by atoms with van der Waals surface area (Å²) >= 11 is 0. The van der Waals surface area contributed by atoms with Gasteiger partial charge in [0.15, 0.2) is 0 Å². The van der Waals surface area contributed by atoms with Crippen LogP contribution in [0.4, 0.5) is 4.39 Å². The van der Waals surface area contributed by atoms with E-state index in [-0.39, 0.29) is 19.7 Å². The number of halogens is 1. The molecule has 1 unspecified atom stereocenters. The highest BCUT2D eigenvalue weighted by Crippen LogP contribution is 2.12. The number of rotatable bonds is 10. The highest BCUT2D eigenvalue weighted by molar-refractivity contribution is 7.88. The maximum atomic E-state index is 13.1.